The van der Waals surface area contributed by atoms with Gasteiger partial charge in [-0.1, -0.05) is 32.0 Å². The number of hydrogen-bond donors (Lipinski definition) is 0. The lowest BCUT2D eigenvalue weighted by atomic mass is 9.85. The molecule has 14 heavy (non-hydrogen) atoms. The third-order valence-corrected chi connectivity index (χ3v) is 3.28. The Labute approximate surface area is 86.1 Å². The average molecular weight is 190 g/mol. The van der Waals surface area contributed by atoms with E-state index in [0.717, 1.165) is 13.0 Å². The van der Waals surface area contributed by atoms with Crippen LogP contribution in [-0.4, -0.2) is 6.10 Å². The highest BCUT2D eigenvalue weighted by Crippen LogP contribution is 2.34. The van der Waals surface area contributed by atoms with Gasteiger partial charge in [0.2, 0.25) is 0 Å². The van der Waals surface area contributed by atoms with E-state index in [9.17, 15) is 0 Å². The Bertz CT molecular complexity index is 330. The van der Waals surface area contributed by atoms with Gasteiger partial charge >= 0.3 is 0 Å². The molecule has 0 fully saturated rings. The Morgan fingerprint density at radius 1 is 1.43 bits per heavy atom. The summed E-state index contributed by atoms with van der Waals surface area (Å²) in [4.78, 5) is 0. The van der Waals surface area contributed by atoms with Crippen molar-refractivity contribution in [1.82, 2.24) is 0 Å². The SMILES string of the molecule is CCC1OCc2cccc(C)c2C1C. The van der Waals surface area contributed by atoms with Crippen LogP contribution in [0.4, 0.5) is 0 Å². The van der Waals surface area contributed by atoms with Crippen LogP contribution >= 0.6 is 0 Å². The molecule has 0 radical (unpaired) electrons. The van der Waals surface area contributed by atoms with Crippen LogP contribution in [0.25, 0.3) is 0 Å². The zero-order valence-electron chi connectivity index (χ0n) is 9.21. The molecule has 1 aliphatic rings. The lowest BCUT2D eigenvalue weighted by molar-refractivity contribution is 0.00934. The maximum atomic E-state index is 5.82. The molecule has 1 nitrogen and oxygen atoms in total. The molecule has 0 aromatic heterocycles. The maximum Gasteiger partial charge on any atom is 0.0723 e. The Kier molecular flexibility index (Phi) is 2.60. The van der Waals surface area contributed by atoms with Crippen LogP contribution in [0, 0.1) is 6.92 Å². The van der Waals surface area contributed by atoms with Crippen molar-refractivity contribution in [3.63, 3.8) is 0 Å². The summed E-state index contributed by atoms with van der Waals surface area (Å²) in [6.45, 7) is 7.47. The third-order valence-electron chi connectivity index (χ3n) is 3.28. The lowest BCUT2D eigenvalue weighted by Gasteiger charge is -2.32. The second kappa shape index (κ2) is 3.74. The molecule has 0 bridgehead atoms. The first-order chi connectivity index (χ1) is 6.74. The molecule has 0 aliphatic carbocycles. The van der Waals surface area contributed by atoms with Gasteiger partial charge in [-0.2, -0.15) is 0 Å². The molecule has 0 saturated heterocycles. The Morgan fingerprint density at radius 2 is 2.21 bits per heavy atom. The highest BCUT2D eigenvalue weighted by Gasteiger charge is 2.26. The third kappa shape index (κ3) is 1.46. The van der Waals surface area contributed by atoms with Crippen molar-refractivity contribution in [3.05, 3.63) is 34.9 Å². The first-order valence-electron chi connectivity index (χ1n) is 5.44. The molecule has 0 saturated carbocycles. The number of hydrogen-bond acceptors (Lipinski definition) is 1. The van der Waals surface area contributed by atoms with Crippen molar-refractivity contribution in [2.45, 2.75) is 45.8 Å². The van der Waals surface area contributed by atoms with E-state index in [4.69, 9.17) is 4.74 Å². The molecule has 0 spiro atoms. The van der Waals surface area contributed by atoms with E-state index in [1.807, 2.05) is 0 Å². The molecule has 1 aromatic rings. The van der Waals surface area contributed by atoms with Crippen LogP contribution in [0.1, 0.15) is 42.9 Å². The molecule has 76 valence electrons. The van der Waals surface area contributed by atoms with Crippen molar-refractivity contribution in [3.8, 4) is 0 Å². The van der Waals surface area contributed by atoms with E-state index in [0.29, 0.717) is 12.0 Å². The second-order valence-corrected chi connectivity index (χ2v) is 4.19. The number of aryl methyl sites for hydroxylation is 1. The Balaban J connectivity index is 2.43. The van der Waals surface area contributed by atoms with Crippen LogP contribution in [0.3, 0.4) is 0 Å². The van der Waals surface area contributed by atoms with Crippen LogP contribution in [0.5, 0.6) is 0 Å². The van der Waals surface area contributed by atoms with Gasteiger partial charge in [0.25, 0.3) is 0 Å². The van der Waals surface area contributed by atoms with Gasteiger partial charge in [-0.25, -0.2) is 0 Å². The Morgan fingerprint density at radius 3 is 2.93 bits per heavy atom. The number of benzene rings is 1. The monoisotopic (exact) mass is 190 g/mol. The number of rotatable bonds is 1. The highest BCUT2D eigenvalue weighted by molar-refractivity contribution is 5.38. The summed E-state index contributed by atoms with van der Waals surface area (Å²) in [5.41, 5.74) is 4.31. The van der Waals surface area contributed by atoms with E-state index in [2.05, 4.69) is 39.0 Å². The number of ether oxygens (including phenoxy) is 1. The maximum absolute atomic E-state index is 5.82. The first-order valence-corrected chi connectivity index (χ1v) is 5.44. The minimum absolute atomic E-state index is 0.406. The highest BCUT2D eigenvalue weighted by atomic mass is 16.5. The number of fused-ring (bicyclic) bond motifs is 1. The molecular weight excluding hydrogens is 172 g/mol. The standard InChI is InChI=1S/C13H18O/c1-4-12-10(3)13-9(2)6-5-7-11(13)8-14-12/h5-7,10,12H,4,8H2,1-3H3. The largest absolute Gasteiger partial charge is 0.373 e. The van der Waals surface area contributed by atoms with Gasteiger partial charge in [0, 0.05) is 5.92 Å². The molecule has 2 atom stereocenters. The molecule has 1 heteroatoms. The van der Waals surface area contributed by atoms with E-state index in [1.165, 1.54) is 16.7 Å². The second-order valence-electron chi connectivity index (χ2n) is 4.19. The normalized spacial score (nSPS) is 25.9. The Hall–Kier alpha value is -0.820. The molecule has 0 N–H and O–H groups in total. The van der Waals surface area contributed by atoms with Crippen molar-refractivity contribution < 1.29 is 4.74 Å². The van der Waals surface area contributed by atoms with Gasteiger partial charge in [0.05, 0.1) is 12.7 Å². The molecule has 1 heterocycles. The van der Waals surface area contributed by atoms with Crippen molar-refractivity contribution >= 4 is 0 Å². The molecular formula is C13H18O. The van der Waals surface area contributed by atoms with Crippen molar-refractivity contribution in [2.75, 3.05) is 0 Å². The minimum atomic E-state index is 0.406. The van der Waals surface area contributed by atoms with Crippen LogP contribution in [0.2, 0.25) is 0 Å². The molecule has 1 aliphatic heterocycles. The van der Waals surface area contributed by atoms with Crippen LogP contribution < -0.4 is 0 Å². The minimum Gasteiger partial charge on any atom is -0.373 e. The summed E-state index contributed by atoms with van der Waals surface area (Å²) < 4.78 is 5.82. The van der Waals surface area contributed by atoms with Gasteiger partial charge in [0.15, 0.2) is 0 Å². The smallest absolute Gasteiger partial charge is 0.0723 e. The van der Waals surface area contributed by atoms with Gasteiger partial charge in [-0.3, -0.25) is 0 Å². The molecule has 2 rings (SSSR count). The predicted octanol–water partition coefficient (Wildman–Crippen LogP) is 3.41. The van der Waals surface area contributed by atoms with Gasteiger partial charge in [-0.15, -0.1) is 0 Å². The van der Waals surface area contributed by atoms with Crippen molar-refractivity contribution in [2.24, 2.45) is 0 Å². The van der Waals surface area contributed by atoms with E-state index >= 15 is 0 Å². The summed E-state index contributed by atoms with van der Waals surface area (Å²) in [7, 11) is 0. The van der Waals surface area contributed by atoms with E-state index in [-0.39, 0.29) is 0 Å². The summed E-state index contributed by atoms with van der Waals surface area (Å²) in [6, 6.07) is 6.51. The summed E-state index contributed by atoms with van der Waals surface area (Å²) in [5, 5.41) is 0. The van der Waals surface area contributed by atoms with Gasteiger partial charge in [0.1, 0.15) is 0 Å². The van der Waals surface area contributed by atoms with Crippen LogP contribution in [0.15, 0.2) is 18.2 Å². The fraction of sp³-hybridized carbons (Fsp3) is 0.538. The quantitative estimate of drug-likeness (QED) is 0.659. The van der Waals surface area contributed by atoms with E-state index < -0.39 is 0 Å². The summed E-state index contributed by atoms with van der Waals surface area (Å²) >= 11 is 0. The average Bonchev–Trinajstić information content (AvgIpc) is 2.18. The topological polar surface area (TPSA) is 9.23 Å². The molecule has 0 amide bonds. The molecule has 1 aromatic carbocycles. The van der Waals surface area contributed by atoms with E-state index in [1.54, 1.807) is 0 Å². The molecule has 2 unspecified atom stereocenters. The zero-order chi connectivity index (χ0) is 10.1. The zero-order valence-corrected chi connectivity index (χ0v) is 9.21. The fourth-order valence-electron chi connectivity index (χ4n) is 2.52. The lowest BCUT2D eigenvalue weighted by Crippen LogP contribution is -2.26. The summed E-state index contributed by atoms with van der Waals surface area (Å²) in [5.74, 6) is 0.546. The van der Waals surface area contributed by atoms with Gasteiger partial charge in [-0.05, 0) is 30.0 Å². The fourth-order valence-corrected chi connectivity index (χ4v) is 2.52. The van der Waals surface area contributed by atoms with Gasteiger partial charge < -0.3 is 4.74 Å². The van der Waals surface area contributed by atoms with Crippen molar-refractivity contribution in [1.29, 1.82) is 0 Å². The predicted molar refractivity (Wildman–Crippen MR) is 58.5 cm³/mol. The summed E-state index contributed by atoms with van der Waals surface area (Å²) in [6.07, 6.45) is 1.51. The first kappa shape index (κ1) is 9.72. The van der Waals surface area contributed by atoms with Crippen LogP contribution in [-0.2, 0) is 11.3 Å².